The van der Waals surface area contributed by atoms with E-state index >= 15 is 0 Å². The normalized spacial score (nSPS) is 10.5. The van der Waals surface area contributed by atoms with Crippen molar-refractivity contribution in [1.82, 2.24) is 10.3 Å². The van der Waals surface area contributed by atoms with Crippen LogP contribution in [0.25, 0.3) is 0 Å². The predicted octanol–water partition coefficient (Wildman–Crippen LogP) is 2.65. The van der Waals surface area contributed by atoms with E-state index in [1.807, 2.05) is 24.4 Å². The van der Waals surface area contributed by atoms with Gasteiger partial charge in [0.2, 0.25) is 0 Å². The molecule has 2 N–H and O–H groups in total. The second-order valence-electron chi connectivity index (χ2n) is 4.57. The lowest BCUT2D eigenvalue weighted by molar-refractivity contribution is 0.372. The molecule has 0 saturated carbocycles. The van der Waals surface area contributed by atoms with Crippen LogP contribution in [0.15, 0.2) is 36.5 Å². The van der Waals surface area contributed by atoms with Gasteiger partial charge in [0.1, 0.15) is 0 Å². The maximum atomic E-state index is 9.55. The lowest BCUT2D eigenvalue weighted by atomic mass is 10.1. The van der Waals surface area contributed by atoms with E-state index < -0.39 is 0 Å². The summed E-state index contributed by atoms with van der Waals surface area (Å²) in [5, 5.41) is 12.9. The summed E-state index contributed by atoms with van der Waals surface area (Å²) in [6.07, 6.45) is 2.80. The SMILES string of the molecule is CCc1cccnc1CNCc1ccc(O)c(OC)c1. The first-order valence-corrected chi connectivity index (χ1v) is 6.74. The van der Waals surface area contributed by atoms with Gasteiger partial charge in [-0.05, 0) is 35.7 Å². The third kappa shape index (κ3) is 3.48. The molecule has 0 aliphatic rings. The third-order valence-corrected chi connectivity index (χ3v) is 3.23. The molecule has 4 heteroatoms. The van der Waals surface area contributed by atoms with Crippen LogP contribution >= 0.6 is 0 Å². The molecule has 20 heavy (non-hydrogen) atoms. The van der Waals surface area contributed by atoms with Crippen LogP contribution in [0.3, 0.4) is 0 Å². The predicted molar refractivity (Wildman–Crippen MR) is 78.8 cm³/mol. The highest BCUT2D eigenvalue weighted by Gasteiger charge is 2.04. The molecule has 2 aromatic rings. The Morgan fingerprint density at radius 3 is 2.85 bits per heavy atom. The maximum absolute atomic E-state index is 9.55. The number of aromatic hydroxyl groups is 1. The van der Waals surface area contributed by atoms with Crippen molar-refractivity contribution in [1.29, 1.82) is 0 Å². The number of aromatic nitrogens is 1. The Bertz CT molecular complexity index is 570. The number of hydrogen-bond donors (Lipinski definition) is 2. The number of ether oxygens (including phenoxy) is 1. The van der Waals surface area contributed by atoms with Crippen molar-refractivity contribution in [2.45, 2.75) is 26.4 Å². The Labute approximate surface area is 119 Å². The van der Waals surface area contributed by atoms with Crippen molar-refractivity contribution in [3.63, 3.8) is 0 Å². The number of phenolic OH excluding ortho intramolecular Hbond substituents is 1. The minimum absolute atomic E-state index is 0.161. The van der Waals surface area contributed by atoms with Crippen molar-refractivity contribution in [2.24, 2.45) is 0 Å². The van der Waals surface area contributed by atoms with Gasteiger partial charge in [0.05, 0.1) is 12.8 Å². The van der Waals surface area contributed by atoms with E-state index in [9.17, 15) is 5.11 Å². The van der Waals surface area contributed by atoms with Crippen LogP contribution in [0.1, 0.15) is 23.7 Å². The van der Waals surface area contributed by atoms with E-state index in [2.05, 4.69) is 23.3 Å². The maximum Gasteiger partial charge on any atom is 0.160 e. The number of aryl methyl sites for hydroxylation is 1. The van der Waals surface area contributed by atoms with Gasteiger partial charge in [-0.25, -0.2) is 0 Å². The van der Waals surface area contributed by atoms with E-state index in [-0.39, 0.29) is 5.75 Å². The molecule has 0 aliphatic heterocycles. The van der Waals surface area contributed by atoms with Crippen LogP contribution in [0.2, 0.25) is 0 Å². The van der Waals surface area contributed by atoms with Gasteiger partial charge in [-0.2, -0.15) is 0 Å². The zero-order valence-electron chi connectivity index (χ0n) is 11.9. The molecule has 0 radical (unpaired) electrons. The molecule has 1 aromatic carbocycles. The van der Waals surface area contributed by atoms with Gasteiger partial charge in [0.15, 0.2) is 11.5 Å². The number of nitrogens with zero attached hydrogens (tertiary/aromatic N) is 1. The first kappa shape index (κ1) is 14.3. The number of nitrogens with one attached hydrogen (secondary N) is 1. The Hall–Kier alpha value is -2.07. The average Bonchev–Trinajstić information content (AvgIpc) is 2.49. The first-order chi connectivity index (χ1) is 9.74. The van der Waals surface area contributed by atoms with Crippen LogP contribution < -0.4 is 10.1 Å². The number of hydrogen-bond acceptors (Lipinski definition) is 4. The van der Waals surface area contributed by atoms with Crippen LogP contribution in [0.5, 0.6) is 11.5 Å². The quantitative estimate of drug-likeness (QED) is 0.849. The molecule has 106 valence electrons. The Morgan fingerprint density at radius 1 is 1.25 bits per heavy atom. The smallest absolute Gasteiger partial charge is 0.160 e. The van der Waals surface area contributed by atoms with Crippen molar-refractivity contribution >= 4 is 0 Å². The second-order valence-corrected chi connectivity index (χ2v) is 4.57. The topological polar surface area (TPSA) is 54.4 Å². The molecular formula is C16H20N2O2. The molecule has 0 bridgehead atoms. The molecule has 1 heterocycles. The van der Waals surface area contributed by atoms with Gasteiger partial charge >= 0.3 is 0 Å². The second kappa shape index (κ2) is 6.91. The Morgan fingerprint density at radius 2 is 2.10 bits per heavy atom. The lowest BCUT2D eigenvalue weighted by Gasteiger charge is -2.09. The summed E-state index contributed by atoms with van der Waals surface area (Å²) in [6, 6.07) is 9.43. The molecule has 2 rings (SSSR count). The minimum Gasteiger partial charge on any atom is -0.504 e. The van der Waals surface area contributed by atoms with E-state index in [0.29, 0.717) is 12.3 Å². The molecule has 0 saturated heterocycles. The summed E-state index contributed by atoms with van der Waals surface area (Å²) >= 11 is 0. The molecule has 0 spiro atoms. The van der Waals surface area contributed by atoms with Gasteiger partial charge < -0.3 is 15.2 Å². The van der Waals surface area contributed by atoms with Gasteiger partial charge in [-0.3, -0.25) is 4.98 Å². The Kier molecular flexibility index (Phi) is 4.96. The molecule has 0 unspecified atom stereocenters. The summed E-state index contributed by atoms with van der Waals surface area (Å²) in [5.74, 6) is 0.658. The molecule has 4 nitrogen and oxygen atoms in total. The molecule has 0 aliphatic carbocycles. The van der Waals surface area contributed by atoms with Gasteiger partial charge in [0, 0.05) is 19.3 Å². The summed E-state index contributed by atoms with van der Waals surface area (Å²) in [6.45, 7) is 3.56. The summed E-state index contributed by atoms with van der Waals surface area (Å²) in [7, 11) is 1.55. The van der Waals surface area contributed by atoms with Crippen LogP contribution in [0, 0.1) is 0 Å². The van der Waals surface area contributed by atoms with E-state index in [1.54, 1.807) is 13.2 Å². The van der Waals surface area contributed by atoms with E-state index in [0.717, 1.165) is 24.2 Å². The highest BCUT2D eigenvalue weighted by molar-refractivity contribution is 5.41. The number of benzene rings is 1. The monoisotopic (exact) mass is 272 g/mol. The zero-order chi connectivity index (χ0) is 14.4. The van der Waals surface area contributed by atoms with Crippen LogP contribution in [-0.2, 0) is 19.5 Å². The number of phenols is 1. The van der Waals surface area contributed by atoms with E-state index in [4.69, 9.17) is 4.74 Å². The van der Waals surface area contributed by atoms with Gasteiger partial charge in [-0.1, -0.05) is 19.1 Å². The Balaban J connectivity index is 1.96. The molecule has 0 fully saturated rings. The average molecular weight is 272 g/mol. The fraction of sp³-hybridized carbons (Fsp3) is 0.312. The largest absolute Gasteiger partial charge is 0.504 e. The van der Waals surface area contributed by atoms with Gasteiger partial charge in [0.25, 0.3) is 0 Å². The minimum atomic E-state index is 0.161. The van der Waals surface area contributed by atoms with Crippen molar-refractivity contribution < 1.29 is 9.84 Å². The standard InChI is InChI=1S/C16H20N2O2/c1-3-13-5-4-8-18-14(13)11-17-10-12-6-7-15(19)16(9-12)20-2/h4-9,17,19H,3,10-11H2,1-2H3. The summed E-state index contributed by atoms with van der Waals surface area (Å²) in [4.78, 5) is 4.40. The highest BCUT2D eigenvalue weighted by Crippen LogP contribution is 2.26. The van der Waals surface area contributed by atoms with Crippen molar-refractivity contribution in [2.75, 3.05) is 7.11 Å². The van der Waals surface area contributed by atoms with Crippen molar-refractivity contribution in [3.8, 4) is 11.5 Å². The van der Waals surface area contributed by atoms with Crippen molar-refractivity contribution in [3.05, 3.63) is 53.3 Å². The summed E-state index contributed by atoms with van der Waals surface area (Å²) in [5.41, 5.74) is 3.41. The lowest BCUT2D eigenvalue weighted by Crippen LogP contribution is -2.15. The van der Waals surface area contributed by atoms with Crippen LogP contribution in [0.4, 0.5) is 0 Å². The molecular weight excluding hydrogens is 252 g/mol. The molecule has 0 atom stereocenters. The summed E-state index contributed by atoms with van der Waals surface area (Å²) < 4.78 is 5.10. The van der Waals surface area contributed by atoms with Crippen LogP contribution in [-0.4, -0.2) is 17.2 Å². The zero-order valence-corrected chi connectivity index (χ0v) is 11.9. The molecule has 0 amide bonds. The fourth-order valence-corrected chi connectivity index (χ4v) is 2.11. The first-order valence-electron chi connectivity index (χ1n) is 6.74. The highest BCUT2D eigenvalue weighted by atomic mass is 16.5. The number of pyridine rings is 1. The third-order valence-electron chi connectivity index (χ3n) is 3.23. The van der Waals surface area contributed by atoms with E-state index in [1.165, 1.54) is 5.56 Å². The fourth-order valence-electron chi connectivity index (χ4n) is 2.11. The van der Waals surface area contributed by atoms with Gasteiger partial charge in [-0.15, -0.1) is 0 Å². The number of rotatable bonds is 6. The molecule has 1 aromatic heterocycles. The number of methoxy groups -OCH3 is 1.